The van der Waals surface area contributed by atoms with E-state index >= 15 is 0 Å². The summed E-state index contributed by atoms with van der Waals surface area (Å²) in [6.45, 7) is 5.00. The van der Waals surface area contributed by atoms with Gasteiger partial charge in [0, 0.05) is 12.4 Å². The SMILES string of the molecule is CC1CO1.Cc1cncnc1. The Hall–Kier alpha value is -0.960. The van der Waals surface area contributed by atoms with Crippen molar-refractivity contribution in [2.75, 3.05) is 6.61 Å². The summed E-state index contributed by atoms with van der Waals surface area (Å²) in [6.07, 6.45) is 5.65. The highest BCUT2D eigenvalue weighted by Crippen LogP contribution is 2.04. The van der Waals surface area contributed by atoms with E-state index in [0.29, 0.717) is 6.10 Å². The molecule has 0 bridgehead atoms. The summed E-state index contributed by atoms with van der Waals surface area (Å²) in [6, 6.07) is 0. The molecule has 0 N–H and O–H groups in total. The largest absolute Gasteiger partial charge is 0.373 e. The van der Waals surface area contributed by atoms with E-state index < -0.39 is 0 Å². The second kappa shape index (κ2) is 4.03. The van der Waals surface area contributed by atoms with Gasteiger partial charge in [-0.25, -0.2) is 9.97 Å². The molecule has 1 aliphatic rings. The molecule has 1 fully saturated rings. The number of hydrogen-bond acceptors (Lipinski definition) is 3. The van der Waals surface area contributed by atoms with E-state index in [4.69, 9.17) is 4.74 Å². The van der Waals surface area contributed by atoms with Crippen molar-refractivity contribution in [2.45, 2.75) is 20.0 Å². The van der Waals surface area contributed by atoms with Crippen molar-refractivity contribution < 1.29 is 4.74 Å². The van der Waals surface area contributed by atoms with Gasteiger partial charge < -0.3 is 4.74 Å². The lowest BCUT2D eigenvalue weighted by Gasteiger charge is -1.81. The number of aryl methyl sites for hydroxylation is 1. The van der Waals surface area contributed by atoms with Gasteiger partial charge in [0.25, 0.3) is 0 Å². The van der Waals surface area contributed by atoms with Crippen molar-refractivity contribution in [2.24, 2.45) is 0 Å². The third kappa shape index (κ3) is 4.44. The molecule has 1 unspecified atom stereocenters. The highest BCUT2D eigenvalue weighted by molar-refractivity contribution is 4.96. The van der Waals surface area contributed by atoms with Gasteiger partial charge in [-0.2, -0.15) is 0 Å². The van der Waals surface area contributed by atoms with Crippen molar-refractivity contribution in [3.63, 3.8) is 0 Å². The fraction of sp³-hybridized carbons (Fsp3) is 0.500. The van der Waals surface area contributed by atoms with Gasteiger partial charge in [-0.15, -0.1) is 0 Å². The molecule has 1 aromatic heterocycles. The van der Waals surface area contributed by atoms with Crippen molar-refractivity contribution in [3.8, 4) is 0 Å². The van der Waals surface area contributed by atoms with Gasteiger partial charge in [0.2, 0.25) is 0 Å². The molecular weight excluding hydrogens is 140 g/mol. The van der Waals surface area contributed by atoms with E-state index in [1.165, 1.54) is 6.33 Å². The Morgan fingerprint density at radius 1 is 1.45 bits per heavy atom. The predicted octanol–water partition coefficient (Wildman–Crippen LogP) is 1.19. The monoisotopic (exact) mass is 152 g/mol. The standard InChI is InChI=1S/C5H6N2.C3H6O/c1-5-2-6-4-7-3-5;1-3-2-4-3/h2-4H,1H3;3H,2H2,1H3. The summed E-state index contributed by atoms with van der Waals surface area (Å²) in [4.78, 5) is 7.55. The smallest absolute Gasteiger partial charge is 0.115 e. The average Bonchev–Trinajstić information content (AvgIpc) is 2.75. The maximum Gasteiger partial charge on any atom is 0.115 e. The highest BCUT2D eigenvalue weighted by atomic mass is 16.6. The molecule has 60 valence electrons. The summed E-state index contributed by atoms with van der Waals surface area (Å²) < 4.78 is 4.71. The molecule has 2 rings (SSSR count). The molecule has 0 radical (unpaired) electrons. The molecule has 1 aromatic rings. The molecule has 1 aliphatic heterocycles. The highest BCUT2D eigenvalue weighted by Gasteiger charge is 2.13. The molecule has 2 heterocycles. The maximum absolute atomic E-state index is 4.71. The average molecular weight is 152 g/mol. The van der Waals surface area contributed by atoms with E-state index in [0.717, 1.165) is 12.2 Å². The second-order valence-corrected chi connectivity index (χ2v) is 2.56. The topological polar surface area (TPSA) is 38.3 Å². The van der Waals surface area contributed by atoms with Gasteiger partial charge in [0.05, 0.1) is 12.7 Å². The zero-order valence-electron chi connectivity index (χ0n) is 6.82. The Morgan fingerprint density at radius 2 is 1.91 bits per heavy atom. The lowest BCUT2D eigenvalue weighted by molar-refractivity contribution is 0.423. The van der Waals surface area contributed by atoms with E-state index in [-0.39, 0.29) is 0 Å². The van der Waals surface area contributed by atoms with Gasteiger partial charge >= 0.3 is 0 Å². The van der Waals surface area contributed by atoms with Crippen LogP contribution in [0.2, 0.25) is 0 Å². The van der Waals surface area contributed by atoms with Crippen LogP contribution < -0.4 is 0 Å². The lowest BCUT2D eigenvalue weighted by atomic mass is 10.4. The zero-order valence-corrected chi connectivity index (χ0v) is 6.82. The molecular formula is C8H12N2O. The Balaban J connectivity index is 0.000000128. The van der Waals surface area contributed by atoms with Gasteiger partial charge in [0.1, 0.15) is 6.33 Å². The van der Waals surface area contributed by atoms with Crippen LogP contribution in [0.5, 0.6) is 0 Å². The van der Waals surface area contributed by atoms with Crippen LogP contribution in [0, 0.1) is 6.92 Å². The number of nitrogens with zero attached hydrogens (tertiary/aromatic N) is 2. The molecule has 0 amide bonds. The van der Waals surface area contributed by atoms with Crippen LogP contribution in [0.25, 0.3) is 0 Å². The fourth-order valence-electron chi connectivity index (χ4n) is 0.470. The summed E-state index contributed by atoms with van der Waals surface area (Å²) >= 11 is 0. The summed E-state index contributed by atoms with van der Waals surface area (Å²) in [7, 11) is 0. The second-order valence-electron chi connectivity index (χ2n) is 2.56. The number of hydrogen-bond donors (Lipinski definition) is 0. The van der Waals surface area contributed by atoms with E-state index in [2.05, 4.69) is 16.9 Å². The zero-order chi connectivity index (χ0) is 8.10. The molecule has 3 nitrogen and oxygen atoms in total. The van der Waals surface area contributed by atoms with E-state index in [9.17, 15) is 0 Å². The minimum atomic E-state index is 0.583. The third-order valence-electron chi connectivity index (χ3n) is 1.19. The number of aromatic nitrogens is 2. The minimum absolute atomic E-state index is 0.583. The molecule has 1 atom stereocenters. The molecule has 3 heteroatoms. The Kier molecular flexibility index (Phi) is 2.98. The maximum atomic E-state index is 4.71. The molecule has 11 heavy (non-hydrogen) atoms. The first kappa shape index (κ1) is 8.14. The Bertz CT molecular complexity index is 197. The van der Waals surface area contributed by atoms with Crippen LogP contribution in [0.1, 0.15) is 12.5 Å². The molecule has 1 saturated heterocycles. The van der Waals surface area contributed by atoms with Crippen molar-refractivity contribution in [3.05, 3.63) is 24.3 Å². The van der Waals surface area contributed by atoms with Gasteiger partial charge in [-0.3, -0.25) is 0 Å². The van der Waals surface area contributed by atoms with Crippen LogP contribution in [0.3, 0.4) is 0 Å². The molecule has 0 aliphatic carbocycles. The lowest BCUT2D eigenvalue weighted by Crippen LogP contribution is -1.75. The molecule has 0 spiro atoms. The first-order chi connectivity index (χ1) is 5.29. The first-order valence-corrected chi connectivity index (χ1v) is 3.62. The summed E-state index contributed by atoms with van der Waals surface area (Å²) in [5.41, 5.74) is 1.10. The Labute approximate surface area is 66.4 Å². The van der Waals surface area contributed by atoms with Crippen LogP contribution in [0.4, 0.5) is 0 Å². The van der Waals surface area contributed by atoms with Crippen molar-refractivity contribution in [1.29, 1.82) is 0 Å². The number of rotatable bonds is 0. The van der Waals surface area contributed by atoms with E-state index in [1.807, 2.05) is 6.92 Å². The number of epoxide rings is 1. The van der Waals surface area contributed by atoms with Gasteiger partial charge in [0.15, 0.2) is 0 Å². The molecule has 0 saturated carbocycles. The Morgan fingerprint density at radius 3 is 2.09 bits per heavy atom. The van der Waals surface area contributed by atoms with Crippen LogP contribution in [-0.2, 0) is 4.74 Å². The van der Waals surface area contributed by atoms with Gasteiger partial charge in [-0.1, -0.05) is 0 Å². The summed E-state index contributed by atoms with van der Waals surface area (Å²) in [5.74, 6) is 0. The fourth-order valence-corrected chi connectivity index (χ4v) is 0.470. The molecule has 0 aromatic carbocycles. The van der Waals surface area contributed by atoms with Crippen LogP contribution >= 0.6 is 0 Å². The quantitative estimate of drug-likeness (QED) is 0.524. The summed E-state index contributed by atoms with van der Waals surface area (Å²) in [5, 5.41) is 0. The van der Waals surface area contributed by atoms with E-state index in [1.54, 1.807) is 12.4 Å². The number of ether oxygens (including phenoxy) is 1. The normalized spacial score (nSPS) is 20.0. The van der Waals surface area contributed by atoms with Crippen molar-refractivity contribution >= 4 is 0 Å². The minimum Gasteiger partial charge on any atom is -0.373 e. The van der Waals surface area contributed by atoms with Crippen LogP contribution in [0.15, 0.2) is 18.7 Å². The van der Waals surface area contributed by atoms with Crippen LogP contribution in [-0.4, -0.2) is 22.7 Å². The van der Waals surface area contributed by atoms with Gasteiger partial charge in [-0.05, 0) is 19.4 Å². The van der Waals surface area contributed by atoms with Crippen molar-refractivity contribution in [1.82, 2.24) is 9.97 Å². The predicted molar refractivity (Wildman–Crippen MR) is 42.2 cm³/mol. The first-order valence-electron chi connectivity index (χ1n) is 3.62. The third-order valence-corrected chi connectivity index (χ3v) is 1.19.